The van der Waals surface area contributed by atoms with Gasteiger partial charge in [-0.3, -0.25) is 4.79 Å². The lowest BCUT2D eigenvalue weighted by Crippen LogP contribution is -2.62. The van der Waals surface area contributed by atoms with Gasteiger partial charge in [0.15, 0.2) is 5.78 Å². The van der Waals surface area contributed by atoms with Crippen molar-refractivity contribution >= 4 is 17.9 Å². The van der Waals surface area contributed by atoms with E-state index in [0.717, 1.165) is 12.0 Å². The molecule has 0 bridgehead atoms. The second kappa shape index (κ2) is 10.1. The molecule has 0 aromatic carbocycles. The van der Waals surface area contributed by atoms with E-state index in [1.54, 1.807) is 19.1 Å². The van der Waals surface area contributed by atoms with Crippen LogP contribution in [0, 0.1) is 38.7 Å². The van der Waals surface area contributed by atoms with Gasteiger partial charge in [-0.15, -0.1) is 10.1 Å². The number of aliphatic hydroxyl groups excluding tert-OH is 1. The smallest absolute Gasteiger partial charge is 0.463 e. The highest BCUT2D eigenvalue weighted by Gasteiger charge is 2.71. The lowest BCUT2D eigenvalue weighted by atomic mass is 9.46. The van der Waals surface area contributed by atoms with Crippen molar-refractivity contribution < 1.29 is 43.6 Å². The number of esters is 1. The molecular weight excluding hydrogens is 486 g/mol. The van der Waals surface area contributed by atoms with Crippen molar-refractivity contribution in [1.29, 1.82) is 0 Å². The summed E-state index contributed by atoms with van der Waals surface area (Å²) >= 11 is 0. The Kier molecular flexibility index (Phi) is 7.38. The van der Waals surface area contributed by atoms with Crippen LogP contribution in [0.3, 0.4) is 0 Å². The number of carbonyl (C=O) groups is 3. The molecule has 0 spiro atoms. The van der Waals surface area contributed by atoms with Crippen LogP contribution < -0.4 is 0 Å². The first-order valence-corrected chi connectivity index (χ1v) is 12.9. The molecule has 0 saturated heterocycles. The zero-order valence-electron chi connectivity index (χ0n) is 21.5. The van der Waals surface area contributed by atoms with Crippen LogP contribution in [0.2, 0.25) is 0 Å². The highest BCUT2D eigenvalue weighted by molar-refractivity contribution is 6.01. The van der Waals surface area contributed by atoms with E-state index in [1.165, 1.54) is 0 Å². The van der Waals surface area contributed by atoms with Gasteiger partial charge in [-0.05, 0) is 63.0 Å². The predicted molar refractivity (Wildman–Crippen MR) is 127 cm³/mol. The fourth-order valence-electron chi connectivity index (χ4n) is 7.63. The Hall–Kier alpha value is -2.95. The van der Waals surface area contributed by atoms with Gasteiger partial charge in [0.25, 0.3) is 5.09 Å². The maximum atomic E-state index is 13.6. The Bertz CT molecular complexity index is 1020. The number of hydrogen-bond donors (Lipinski definition) is 1. The highest BCUT2D eigenvalue weighted by atomic mass is 16.9. The predicted octanol–water partition coefficient (Wildman–Crippen LogP) is 3.32. The first kappa shape index (κ1) is 27.1. The van der Waals surface area contributed by atoms with Crippen LogP contribution in [0.1, 0.15) is 59.3 Å². The van der Waals surface area contributed by atoms with Gasteiger partial charge in [0.1, 0.15) is 0 Å². The van der Waals surface area contributed by atoms with Gasteiger partial charge in [0.05, 0.1) is 25.9 Å². The van der Waals surface area contributed by atoms with Crippen molar-refractivity contribution in [2.24, 2.45) is 28.6 Å². The minimum atomic E-state index is -1.67. The van der Waals surface area contributed by atoms with Crippen LogP contribution in [0.4, 0.5) is 4.79 Å². The molecule has 4 aliphatic rings. The number of rotatable bonds is 8. The maximum Gasteiger partial charge on any atom is 0.509 e. The van der Waals surface area contributed by atoms with Crippen LogP contribution >= 0.6 is 0 Å². The van der Waals surface area contributed by atoms with Crippen LogP contribution in [0.25, 0.3) is 0 Å². The molecule has 11 nitrogen and oxygen atoms in total. The Morgan fingerprint density at radius 2 is 1.97 bits per heavy atom. The molecule has 0 amide bonds. The van der Waals surface area contributed by atoms with E-state index in [1.807, 2.05) is 13.0 Å². The maximum absolute atomic E-state index is 13.6. The molecule has 0 heterocycles. The molecule has 3 fully saturated rings. The van der Waals surface area contributed by atoms with Crippen LogP contribution in [-0.2, 0) is 28.6 Å². The summed E-state index contributed by atoms with van der Waals surface area (Å²) in [5, 5.41) is 21.0. The summed E-state index contributed by atoms with van der Waals surface area (Å²) in [6.07, 6.45) is 5.89. The Labute approximate surface area is 215 Å². The standard InChI is InChI=1S/C26H35NO10/c1-4-34-23(31)37-26(22(30)35-12-5-13-36-27(32)33)11-9-19-18-7-6-16-14-17(28)8-10-24(16,2)21(18)20(29)15-25(19,26)3/h8,10,14,18-21,29H,4-7,9,11-13,15H2,1-3H3. The van der Waals surface area contributed by atoms with E-state index in [-0.39, 0.29) is 62.6 Å². The lowest BCUT2D eigenvalue weighted by Gasteiger charge is -2.59. The third-order valence-corrected chi connectivity index (χ3v) is 9.18. The summed E-state index contributed by atoms with van der Waals surface area (Å²) in [5.74, 6) is -0.963. The van der Waals surface area contributed by atoms with Gasteiger partial charge >= 0.3 is 12.1 Å². The summed E-state index contributed by atoms with van der Waals surface area (Å²) in [4.78, 5) is 52.8. The summed E-state index contributed by atoms with van der Waals surface area (Å²) in [6.45, 7) is 5.23. The minimum absolute atomic E-state index is 0.0303. The van der Waals surface area contributed by atoms with E-state index < -0.39 is 39.7 Å². The van der Waals surface area contributed by atoms with Crippen molar-refractivity contribution in [1.82, 2.24) is 0 Å². The average Bonchev–Trinajstić information content (AvgIpc) is 3.11. The number of hydrogen-bond acceptors (Lipinski definition) is 10. The van der Waals surface area contributed by atoms with Crippen LogP contribution in [-0.4, -0.2) is 59.6 Å². The SMILES string of the molecule is CCOC(=O)OC1(C(=O)OCCCO[N+](=O)[O-])CCC2C3CCC4=CC(=O)C=CC4(C)C3C(O)CC21C. The highest BCUT2D eigenvalue weighted by Crippen LogP contribution is 2.68. The molecule has 3 saturated carbocycles. The number of aliphatic hydroxyl groups is 1. The number of ether oxygens (including phenoxy) is 3. The number of ketones is 1. The van der Waals surface area contributed by atoms with E-state index in [4.69, 9.17) is 14.2 Å². The summed E-state index contributed by atoms with van der Waals surface area (Å²) in [7, 11) is 0. The molecule has 11 heteroatoms. The van der Waals surface area contributed by atoms with Crippen molar-refractivity contribution in [2.45, 2.75) is 71.0 Å². The molecule has 37 heavy (non-hydrogen) atoms. The van der Waals surface area contributed by atoms with Crippen molar-refractivity contribution in [3.05, 3.63) is 33.9 Å². The fourth-order valence-corrected chi connectivity index (χ4v) is 7.63. The fraction of sp³-hybridized carbons (Fsp3) is 0.731. The first-order valence-electron chi connectivity index (χ1n) is 12.9. The van der Waals surface area contributed by atoms with Crippen molar-refractivity contribution in [3.63, 3.8) is 0 Å². The topological polar surface area (TPSA) is 152 Å². The summed E-state index contributed by atoms with van der Waals surface area (Å²) in [6, 6.07) is 0. The summed E-state index contributed by atoms with van der Waals surface area (Å²) in [5.41, 5.74) is -2.05. The van der Waals surface area contributed by atoms with Gasteiger partial charge < -0.3 is 24.2 Å². The number of allylic oxidation sites excluding steroid dienone is 4. The Balaban J connectivity index is 1.62. The molecule has 0 aromatic heterocycles. The largest absolute Gasteiger partial charge is 0.509 e. The van der Waals surface area contributed by atoms with E-state index >= 15 is 0 Å². The molecule has 7 unspecified atom stereocenters. The van der Waals surface area contributed by atoms with Gasteiger partial charge in [0, 0.05) is 23.2 Å². The quantitative estimate of drug-likeness (QED) is 0.218. The molecule has 204 valence electrons. The molecule has 4 rings (SSSR count). The van der Waals surface area contributed by atoms with Crippen molar-refractivity contribution in [2.75, 3.05) is 19.8 Å². The molecule has 0 aliphatic heterocycles. The minimum Gasteiger partial charge on any atom is -0.463 e. The van der Waals surface area contributed by atoms with Gasteiger partial charge in [-0.2, -0.15) is 0 Å². The van der Waals surface area contributed by atoms with Crippen LogP contribution in [0.15, 0.2) is 23.8 Å². The second-order valence-electron chi connectivity index (χ2n) is 10.9. The molecule has 0 aromatic rings. The van der Waals surface area contributed by atoms with E-state index in [2.05, 4.69) is 11.8 Å². The molecule has 1 N–H and O–H groups in total. The normalized spacial score (nSPS) is 37.9. The number of nitrogens with zero attached hydrogens (tertiary/aromatic N) is 1. The zero-order chi connectivity index (χ0) is 27.0. The molecule has 7 atom stereocenters. The molecular formula is C26H35NO10. The third-order valence-electron chi connectivity index (χ3n) is 9.18. The molecule has 0 radical (unpaired) electrons. The third kappa shape index (κ3) is 4.51. The Morgan fingerprint density at radius 1 is 1.22 bits per heavy atom. The monoisotopic (exact) mass is 521 g/mol. The van der Waals surface area contributed by atoms with Gasteiger partial charge in [0.2, 0.25) is 5.60 Å². The van der Waals surface area contributed by atoms with Gasteiger partial charge in [-0.1, -0.05) is 25.5 Å². The molecule has 4 aliphatic carbocycles. The van der Waals surface area contributed by atoms with Crippen LogP contribution in [0.5, 0.6) is 0 Å². The van der Waals surface area contributed by atoms with E-state index in [9.17, 15) is 29.6 Å². The summed E-state index contributed by atoms with van der Waals surface area (Å²) < 4.78 is 16.3. The van der Waals surface area contributed by atoms with Gasteiger partial charge in [-0.25, -0.2) is 9.59 Å². The average molecular weight is 522 g/mol. The number of fused-ring (bicyclic) bond motifs is 5. The Morgan fingerprint density at radius 3 is 2.68 bits per heavy atom. The van der Waals surface area contributed by atoms with E-state index in [0.29, 0.717) is 12.8 Å². The van der Waals surface area contributed by atoms with Crippen molar-refractivity contribution in [3.8, 4) is 0 Å². The second-order valence-corrected chi connectivity index (χ2v) is 10.9. The first-order chi connectivity index (χ1) is 17.5. The lowest BCUT2D eigenvalue weighted by molar-refractivity contribution is -0.757. The zero-order valence-corrected chi connectivity index (χ0v) is 21.5. The number of carbonyl (C=O) groups excluding carboxylic acids is 3.